The molecule has 1 fully saturated rings. The zero-order valence-corrected chi connectivity index (χ0v) is 19.8. The molecular formula is C24H34N4O3S. The van der Waals surface area contributed by atoms with Gasteiger partial charge in [0, 0.05) is 31.6 Å². The fourth-order valence-electron chi connectivity index (χ4n) is 3.64. The van der Waals surface area contributed by atoms with Gasteiger partial charge in [0.25, 0.3) is 0 Å². The van der Waals surface area contributed by atoms with Crippen LogP contribution in [0.15, 0.2) is 58.4 Å². The van der Waals surface area contributed by atoms with Crippen molar-refractivity contribution in [1.82, 2.24) is 4.90 Å². The maximum absolute atomic E-state index is 11.6. The Bertz CT molecular complexity index is 989. The minimum absolute atomic E-state index is 0.309. The number of likely N-dealkylation sites (tertiary alicyclic amines) is 1. The van der Waals surface area contributed by atoms with Crippen LogP contribution in [0.1, 0.15) is 31.7 Å². The van der Waals surface area contributed by atoms with Gasteiger partial charge in [-0.15, -0.1) is 0 Å². The van der Waals surface area contributed by atoms with Gasteiger partial charge in [-0.3, -0.25) is 4.99 Å². The normalized spacial score (nSPS) is 17.3. The average molecular weight is 459 g/mol. The number of aliphatic imine (C=N–C) groups is 1. The van der Waals surface area contributed by atoms with Gasteiger partial charge in [-0.1, -0.05) is 19.1 Å². The second kappa shape index (κ2) is 11.3. The Morgan fingerprint density at radius 3 is 2.53 bits per heavy atom. The number of piperidine rings is 1. The number of hydrogen-bond donors (Lipinski definition) is 2. The molecule has 2 aromatic rings. The third-order valence-corrected chi connectivity index (χ3v) is 6.58. The number of hydrogen-bond acceptors (Lipinski definition) is 5. The van der Waals surface area contributed by atoms with E-state index < -0.39 is 9.84 Å². The third-order valence-electron chi connectivity index (χ3n) is 5.45. The molecule has 1 unspecified atom stereocenters. The summed E-state index contributed by atoms with van der Waals surface area (Å²) in [6.07, 6.45) is 4.51. The molecule has 1 aliphatic rings. The highest BCUT2D eigenvalue weighted by Crippen LogP contribution is 2.20. The Labute approximate surface area is 191 Å². The van der Waals surface area contributed by atoms with Gasteiger partial charge < -0.3 is 20.7 Å². The number of nitrogens with one attached hydrogen (secondary N) is 1. The van der Waals surface area contributed by atoms with Crippen LogP contribution in [0.5, 0.6) is 5.75 Å². The van der Waals surface area contributed by atoms with Crippen molar-refractivity contribution in [2.75, 3.05) is 37.8 Å². The highest BCUT2D eigenvalue weighted by Gasteiger charge is 2.19. The van der Waals surface area contributed by atoms with Crippen molar-refractivity contribution in [1.29, 1.82) is 0 Å². The zero-order valence-electron chi connectivity index (χ0n) is 19.0. The monoisotopic (exact) mass is 458 g/mol. The first-order chi connectivity index (χ1) is 15.3. The summed E-state index contributed by atoms with van der Waals surface area (Å²) in [6.45, 7) is 6.02. The lowest BCUT2D eigenvalue weighted by Gasteiger charge is -2.33. The van der Waals surface area contributed by atoms with Crippen molar-refractivity contribution in [2.45, 2.75) is 37.7 Å². The van der Waals surface area contributed by atoms with Crippen LogP contribution in [0.4, 0.5) is 5.69 Å². The van der Waals surface area contributed by atoms with Crippen molar-refractivity contribution >= 4 is 21.5 Å². The largest absolute Gasteiger partial charge is 0.489 e. The van der Waals surface area contributed by atoms with E-state index in [0.29, 0.717) is 30.5 Å². The van der Waals surface area contributed by atoms with Crippen LogP contribution >= 0.6 is 0 Å². The Kier molecular flexibility index (Phi) is 8.53. The van der Waals surface area contributed by atoms with Gasteiger partial charge in [0.2, 0.25) is 0 Å². The first kappa shape index (κ1) is 24.1. The van der Waals surface area contributed by atoms with Crippen LogP contribution in [-0.2, 0) is 16.4 Å². The van der Waals surface area contributed by atoms with Crippen molar-refractivity contribution in [3.05, 3.63) is 54.1 Å². The molecule has 32 heavy (non-hydrogen) atoms. The average Bonchev–Trinajstić information content (AvgIpc) is 2.78. The molecule has 1 saturated heterocycles. The Morgan fingerprint density at radius 2 is 1.91 bits per heavy atom. The molecule has 8 heteroatoms. The quantitative estimate of drug-likeness (QED) is 0.357. The van der Waals surface area contributed by atoms with E-state index in [1.54, 1.807) is 24.3 Å². The minimum atomic E-state index is -3.19. The highest BCUT2D eigenvalue weighted by atomic mass is 32.2. The molecule has 0 aliphatic carbocycles. The second-order valence-electron chi connectivity index (χ2n) is 8.40. The van der Waals surface area contributed by atoms with Gasteiger partial charge in [-0.25, -0.2) is 8.42 Å². The first-order valence-electron chi connectivity index (χ1n) is 11.1. The molecule has 174 valence electrons. The van der Waals surface area contributed by atoms with Crippen LogP contribution in [0, 0.1) is 5.92 Å². The minimum Gasteiger partial charge on any atom is -0.489 e. The SMILES string of the molecule is CC1CCCN(C(=NCCCN)Nc2ccc(OCc3ccc(S(C)(=O)=O)cc3)cc2)C1. The van der Waals surface area contributed by atoms with E-state index in [-0.39, 0.29) is 0 Å². The van der Waals surface area contributed by atoms with Crippen molar-refractivity contribution in [3.8, 4) is 5.75 Å². The van der Waals surface area contributed by atoms with Crippen LogP contribution in [0.25, 0.3) is 0 Å². The Hall–Kier alpha value is -2.58. The number of nitrogens with zero attached hydrogens (tertiary/aromatic N) is 2. The van der Waals surface area contributed by atoms with Crippen molar-refractivity contribution < 1.29 is 13.2 Å². The molecule has 3 rings (SSSR count). The smallest absolute Gasteiger partial charge is 0.198 e. The van der Waals surface area contributed by atoms with E-state index in [2.05, 4.69) is 17.1 Å². The van der Waals surface area contributed by atoms with Crippen LogP contribution < -0.4 is 15.8 Å². The van der Waals surface area contributed by atoms with Gasteiger partial charge in [0.05, 0.1) is 4.90 Å². The van der Waals surface area contributed by atoms with E-state index in [1.807, 2.05) is 24.3 Å². The molecule has 2 aromatic carbocycles. The molecule has 3 N–H and O–H groups in total. The zero-order chi connectivity index (χ0) is 23.0. The topological polar surface area (TPSA) is 97.0 Å². The second-order valence-corrected chi connectivity index (χ2v) is 10.4. The Balaban J connectivity index is 1.60. The molecule has 1 atom stereocenters. The fraction of sp³-hybridized carbons (Fsp3) is 0.458. The predicted molar refractivity (Wildman–Crippen MR) is 130 cm³/mol. The molecular weight excluding hydrogens is 424 g/mol. The maximum Gasteiger partial charge on any atom is 0.198 e. The summed E-state index contributed by atoms with van der Waals surface area (Å²) in [7, 11) is -3.19. The molecule has 0 bridgehead atoms. The lowest BCUT2D eigenvalue weighted by Crippen LogP contribution is -2.43. The maximum atomic E-state index is 11.6. The highest BCUT2D eigenvalue weighted by molar-refractivity contribution is 7.90. The molecule has 0 aromatic heterocycles. The molecule has 1 heterocycles. The molecule has 0 amide bonds. The summed E-state index contributed by atoms with van der Waals surface area (Å²) in [4.78, 5) is 7.40. The number of rotatable bonds is 8. The number of ether oxygens (including phenoxy) is 1. The van der Waals surface area contributed by atoms with E-state index in [1.165, 1.54) is 19.1 Å². The van der Waals surface area contributed by atoms with E-state index >= 15 is 0 Å². The fourth-order valence-corrected chi connectivity index (χ4v) is 4.27. The first-order valence-corrected chi connectivity index (χ1v) is 13.0. The number of nitrogens with two attached hydrogens (primary N) is 1. The van der Waals surface area contributed by atoms with Gasteiger partial charge in [-0.2, -0.15) is 0 Å². The van der Waals surface area contributed by atoms with Crippen LogP contribution in [0.2, 0.25) is 0 Å². The molecule has 0 radical (unpaired) electrons. The van der Waals surface area contributed by atoms with Gasteiger partial charge in [-0.05, 0) is 73.7 Å². The summed E-state index contributed by atoms with van der Waals surface area (Å²) in [5, 5.41) is 3.47. The summed E-state index contributed by atoms with van der Waals surface area (Å²) >= 11 is 0. The summed E-state index contributed by atoms with van der Waals surface area (Å²) in [6, 6.07) is 14.6. The number of sulfone groups is 1. The number of guanidine groups is 1. The van der Waals surface area contributed by atoms with E-state index in [0.717, 1.165) is 42.5 Å². The Morgan fingerprint density at radius 1 is 1.19 bits per heavy atom. The lowest BCUT2D eigenvalue weighted by atomic mass is 10.0. The summed E-state index contributed by atoms with van der Waals surface area (Å²) in [5.74, 6) is 2.31. The summed E-state index contributed by atoms with van der Waals surface area (Å²) < 4.78 is 29.0. The van der Waals surface area contributed by atoms with Gasteiger partial charge in [0.1, 0.15) is 12.4 Å². The van der Waals surface area contributed by atoms with Crippen LogP contribution in [-0.4, -0.2) is 51.7 Å². The van der Waals surface area contributed by atoms with Gasteiger partial charge in [0.15, 0.2) is 15.8 Å². The number of anilines is 1. The lowest BCUT2D eigenvalue weighted by molar-refractivity contribution is 0.272. The number of benzene rings is 2. The predicted octanol–water partition coefficient (Wildman–Crippen LogP) is 3.52. The van der Waals surface area contributed by atoms with E-state index in [9.17, 15) is 8.42 Å². The molecule has 7 nitrogen and oxygen atoms in total. The third kappa shape index (κ3) is 7.24. The summed E-state index contributed by atoms with van der Waals surface area (Å²) in [5.41, 5.74) is 7.51. The van der Waals surface area contributed by atoms with E-state index in [4.69, 9.17) is 15.5 Å². The van der Waals surface area contributed by atoms with Crippen molar-refractivity contribution in [3.63, 3.8) is 0 Å². The van der Waals surface area contributed by atoms with Gasteiger partial charge >= 0.3 is 0 Å². The molecule has 1 aliphatic heterocycles. The van der Waals surface area contributed by atoms with Crippen LogP contribution in [0.3, 0.4) is 0 Å². The standard InChI is InChI=1S/C24H34N4O3S/c1-19-5-3-16-28(17-19)24(26-15-4-14-25)27-21-8-10-22(11-9-21)31-18-20-6-12-23(13-7-20)32(2,29)30/h6-13,19H,3-5,14-18,25H2,1-2H3,(H,26,27). The van der Waals surface area contributed by atoms with Crippen molar-refractivity contribution in [2.24, 2.45) is 16.6 Å². The molecule has 0 saturated carbocycles. The molecule has 0 spiro atoms.